The number of carbonyl (C=O) groups excluding carboxylic acids is 1. The summed E-state index contributed by atoms with van der Waals surface area (Å²) in [7, 11) is 1.61. The number of hydrogen-bond acceptors (Lipinski definition) is 5. The molecule has 1 aromatic heterocycles. The van der Waals surface area contributed by atoms with Crippen LogP contribution in [0.3, 0.4) is 0 Å². The standard InChI is InChI=1S/C20H23N5O3/c1-27-17-4-2-3-14(9-17)11-22-20(26)25-18-6-5-15(16-12-23-24-13-16)10-19(18)28-8-7-21/h2-6,9-10,12-13H,7-8,11,21H2,1H3,(H,23,24)(H2,22,25,26). The number of nitrogens with one attached hydrogen (secondary N) is 3. The first kappa shape index (κ1) is 19.2. The first-order valence-corrected chi connectivity index (χ1v) is 8.83. The van der Waals surface area contributed by atoms with Gasteiger partial charge in [-0.15, -0.1) is 0 Å². The maximum Gasteiger partial charge on any atom is 0.319 e. The Morgan fingerprint density at radius 3 is 2.86 bits per heavy atom. The lowest BCUT2D eigenvalue weighted by molar-refractivity contribution is 0.251. The predicted molar refractivity (Wildman–Crippen MR) is 107 cm³/mol. The van der Waals surface area contributed by atoms with Gasteiger partial charge in [0.15, 0.2) is 0 Å². The van der Waals surface area contributed by atoms with Gasteiger partial charge in [-0.3, -0.25) is 5.10 Å². The number of rotatable bonds is 8. The Morgan fingerprint density at radius 1 is 1.21 bits per heavy atom. The zero-order valence-electron chi connectivity index (χ0n) is 15.6. The lowest BCUT2D eigenvalue weighted by Gasteiger charge is -2.14. The molecule has 8 heteroatoms. The first-order chi connectivity index (χ1) is 13.7. The van der Waals surface area contributed by atoms with E-state index in [1.807, 2.05) is 36.4 Å². The molecule has 0 aliphatic rings. The first-order valence-electron chi connectivity index (χ1n) is 8.83. The lowest BCUT2D eigenvalue weighted by atomic mass is 10.1. The second-order valence-corrected chi connectivity index (χ2v) is 5.99. The van der Waals surface area contributed by atoms with E-state index in [0.29, 0.717) is 31.1 Å². The monoisotopic (exact) mass is 381 g/mol. The molecule has 146 valence electrons. The molecular weight excluding hydrogens is 358 g/mol. The number of nitrogens with two attached hydrogens (primary N) is 1. The minimum absolute atomic E-state index is 0.337. The highest BCUT2D eigenvalue weighted by Gasteiger charge is 2.11. The van der Waals surface area contributed by atoms with Crippen LogP contribution in [0.25, 0.3) is 11.1 Å². The number of aromatic amines is 1. The number of nitrogens with zero attached hydrogens (tertiary/aromatic N) is 1. The number of urea groups is 1. The van der Waals surface area contributed by atoms with E-state index in [0.717, 1.165) is 22.4 Å². The molecular formula is C20H23N5O3. The number of benzene rings is 2. The highest BCUT2D eigenvalue weighted by Crippen LogP contribution is 2.30. The molecule has 8 nitrogen and oxygen atoms in total. The van der Waals surface area contributed by atoms with Crippen LogP contribution in [0.2, 0.25) is 0 Å². The van der Waals surface area contributed by atoms with Crippen LogP contribution in [0.4, 0.5) is 10.5 Å². The van der Waals surface area contributed by atoms with Crippen molar-refractivity contribution in [3.63, 3.8) is 0 Å². The summed E-state index contributed by atoms with van der Waals surface area (Å²) in [6.45, 7) is 1.08. The average Bonchev–Trinajstić information content (AvgIpc) is 3.26. The van der Waals surface area contributed by atoms with Gasteiger partial charge in [0.25, 0.3) is 0 Å². The van der Waals surface area contributed by atoms with Crippen molar-refractivity contribution >= 4 is 11.7 Å². The van der Waals surface area contributed by atoms with E-state index in [-0.39, 0.29) is 6.03 Å². The van der Waals surface area contributed by atoms with Crippen molar-refractivity contribution in [3.8, 4) is 22.6 Å². The molecule has 3 rings (SSSR count). The average molecular weight is 381 g/mol. The van der Waals surface area contributed by atoms with Gasteiger partial charge in [0.1, 0.15) is 18.1 Å². The number of ether oxygens (including phenoxy) is 2. The normalized spacial score (nSPS) is 10.4. The summed E-state index contributed by atoms with van der Waals surface area (Å²) in [6, 6.07) is 12.7. The molecule has 5 N–H and O–H groups in total. The highest BCUT2D eigenvalue weighted by molar-refractivity contribution is 5.91. The van der Waals surface area contributed by atoms with E-state index < -0.39 is 0 Å². The fourth-order valence-electron chi connectivity index (χ4n) is 2.63. The largest absolute Gasteiger partial charge is 0.497 e. The smallest absolute Gasteiger partial charge is 0.319 e. The van der Waals surface area contributed by atoms with Crippen LogP contribution < -0.4 is 25.8 Å². The summed E-state index contributed by atoms with van der Waals surface area (Å²) < 4.78 is 10.9. The van der Waals surface area contributed by atoms with Crippen LogP contribution in [0.1, 0.15) is 5.56 Å². The maximum absolute atomic E-state index is 12.3. The highest BCUT2D eigenvalue weighted by atomic mass is 16.5. The van der Waals surface area contributed by atoms with Gasteiger partial charge >= 0.3 is 6.03 Å². The Labute approximate surface area is 163 Å². The van der Waals surface area contributed by atoms with Crippen LogP contribution in [-0.2, 0) is 6.54 Å². The Balaban J connectivity index is 1.68. The van der Waals surface area contributed by atoms with Crippen molar-refractivity contribution in [2.45, 2.75) is 6.54 Å². The molecule has 0 radical (unpaired) electrons. The van der Waals surface area contributed by atoms with E-state index in [4.69, 9.17) is 15.2 Å². The molecule has 2 aromatic carbocycles. The van der Waals surface area contributed by atoms with E-state index in [1.54, 1.807) is 25.6 Å². The molecule has 0 saturated heterocycles. The molecule has 0 aliphatic carbocycles. The van der Waals surface area contributed by atoms with Crippen LogP contribution in [-0.4, -0.2) is 36.5 Å². The number of H-pyrrole nitrogens is 1. The minimum Gasteiger partial charge on any atom is -0.497 e. The van der Waals surface area contributed by atoms with E-state index in [2.05, 4.69) is 20.8 Å². The van der Waals surface area contributed by atoms with Gasteiger partial charge in [0, 0.05) is 24.8 Å². The number of anilines is 1. The van der Waals surface area contributed by atoms with Crippen molar-refractivity contribution in [3.05, 3.63) is 60.4 Å². The fourth-order valence-corrected chi connectivity index (χ4v) is 2.63. The third kappa shape index (κ3) is 5.01. The fraction of sp³-hybridized carbons (Fsp3) is 0.200. The summed E-state index contributed by atoms with van der Waals surface area (Å²) in [5.74, 6) is 1.28. The molecule has 0 spiro atoms. The second-order valence-electron chi connectivity index (χ2n) is 5.99. The molecule has 28 heavy (non-hydrogen) atoms. The maximum atomic E-state index is 12.3. The predicted octanol–water partition coefficient (Wildman–Crippen LogP) is 2.74. The Bertz CT molecular complexity index is 912. The van der Waals surface area contributed by atoms with Gasteiger partial charge in [-0.05, 0) is 35.4 Å². The summed E-state index contributed by atoms with van der Waals surface area (Å²) in [6.07, 6.45) is 3.51. The topological polar surface area (TPSA) is 114 Å². The van der Waals surface area contributed by atoms with Crippen LogP contribution >= 0.6 is 0 Å². The lowest BCUT2D eigenvalue weighted by Crippen LogP contribution is -2.28. The quantitative estimate of drug-likeness (QED) is 0.479. The molecule has 1 heterocycles. The van der Waals surface area contributed by atoms with Gasteiger partial charge in [-0.2, -0.15) is 5.10 Å². The second kappa shape index (κ2) is 9.43. The Kier molecular flexibility index (Phi) is 6.48. The van der Waals surface area contributed by atoms with Crippen molar-refractivity contribution in [2.75, 3.05) is 25.6 Å². The molecule has 0 atom stereocenters. The summed E-state index contributed by atoms with van der Waals surface area (Å²) in [4.78, 5) is 12.3. The molecule has 0 saturated carbocycles. The van der Waals surface area contributed by atoms with Crippen LogP contribution in [0.5, 0.6) is 11.5 Å². The van der Waals surface area contributed by atoms with E-state index in [1.165, 1.54) is 0 Å². The number of hydrogen-bond donors (Lipinski definition) is 4. The van der Waals surface area contributed by atoms with Crippen molar-refractivity contribution in [1.82, 2.24) is 15.5 Å². The van der Waals surface area contributed by atoms with Crippen molar-refractivity contribution in [2.24, 2.45) is 5.73 Å². The molecule has 2 amide bonds. The minimum atomic E-state index is -0.337. The van der Waals surface area contributed by atoms with Crippen LogP contribution in [0, 0.1) is 0 Å². The number of carbonyl (C=O) groups is 1. The van der Waals surface area contributed by atoms with Crippen LogP contribution in [0.15, 0.2) is 54.9 Å². The van der Waals surface area contributed by atoms with Crippen molar-refractivity contribution < 1.29 is 14.3 Å². The van der Waals surface area contributed by atoms with Gasteiger partial charge < -0.3 is 25.8 Å². The summed E-state index contributed by atoms with van der Waals surface area (Å²) in [5, 5.41) is 12.4. The van der Waals surface area contributed by atoms with Gasteiger partial charge in [0.05, 0.1) is 19.0 Å². The Hall–Kier alpha value is -3.52. The van der Waals surface area contributed by atoms with Crippen molar-refractivity contribution in [1.29, 1.82) is 0 Å². The number of aromatic nitrogens is 2. The molecule has 0 aliphatic heterocycles. The third-order valence-corrected chi connectivity index (χ3v) is 4.02. The number of methoxy groups -OCH3 is 1. The van der Waals surface area contributed by atoms with Gasteiger partial charge in [-0.1, -0.05) is 18.2 Å². The van der Waals surface area contributed by atoms with Gasteiger partial charge in [-0.25, -0.2) is 4.79 Å². The van der Waals surface area contributed by atoms with Gasteiger partial charge in [0.2, 0.25) is 0 Å². The molecule has 3 aromatic rings. The third-order valence-electron chi connectivity index (χ3n) is 4.02. The van der Waals surface area contributed by atoms with E-state index >= 15 is 0 Å². The molecule has 0 fully saturated rings. The zero-order valence-corrected chi connectivity index (χ0v) is 15.6. The summed E-state index contributed by atoms with van der Waals surface area (Å²) >= 11 is 0. The number of amides is 2. The SMILES string of the molecule is COc1cccc(CNC(=O)Nc2ccc(-c3cn[nH]c3)cc2OCCN)c1. The molecule has 0 unspecified atom stereocenters. The summed E-state index contributed by atoms with van der Waals surface area (Å²) in [5.41, 5.74) is 8.88. The zero-order chi connectivity index (χ0) is 19.8. The van der Waals surface area contributed by atoms with E-state index in [9.17, 15) is 4.79 Å². The molecule has 0 bridgehead atoms. The Morgan fingerprint density at radius 2 is 2.11 bits per heavy atom.